The lowest BCUT2D eigenvalue weighted by Gasteiger charge is -2.34. The molecule has 4 rings (SSSR count). The zero-order valence-electron chi connectivity index (χ0n) is 20.7. The Morgan fingerprint density at radius 1 is 0.971 bits per heavy atom. The second-order valence-electron chi connectivity index (χ2n) is 9.58. The van der Waals surface area contributed by atoms with Crippen LogP contribution in [0.25, 0.3) is 10.2 Å². The van der Waals surface area contributed by atoms with Gasteiger partial charge in [0.2, 0.25) is 5.91 Å². The van der Waals surface area contributed by atoms with E-state index in [1.807, 2.05) is 17.8 Å². The molecule has 1 aliphatic heterocycles. The molecule has 1 amide bonds. The average Bonchev–Trinajstić information content (AvgIpc) is 3.23. The van der Waals surface area contributed by atoms with Gasteiger partial charge in [-0.2, -0.15) is 0 Å². The third-order valence-electron chi connectivity index (χ3n) is 6.38. The van der Waals surface area contributed by atoms with Crippen LogP contribution in [0.15, 0.2) is 46.8 Å². The maximum Gasteiger partial charge on any atom is 0.238 e. The Bertz CT molecular complexity index is 1040. The van der Waals surface area contributed by atoms with E-state index in [4.69, 9.17) is 4.98 Å². The highest BCUT2D eigenvalue weighted by Gasteiger charge is 2.21. The summed E-state index contributed by atoms with van der Waals surface area (Å²) >= 11 is 3.63. The molecule has 1 aliphatic rings. The predicted molar refractivity (Wildman–Crippen MR) is 146 cm³/mol. The van der Waals surface area contributed by atoms with E-state index in [1.165, 1.54) is 15.8 Å². The molecule has 1 aromatic heterocycles. The number of nitrogens with zero attached hydrogens (tertiary/aromatic N) is 3. The minimum absolute atomic E-state index is 0.0924. The van der Waals surface area contributed by atoms with Crippen LogP contribution in [0.3, 0.4) is 0 Å². The lowest BCUT2D eigenvalue weighted by molar-refractivity contribution is -0.117. The summed E-state index contributed by atoms with van der Waals surface area (Å²) in [7, 11) is 0. The number of carbonyl (C=O) groups is 1. The van der Waals surface area contributed by atoms with Gasteiger partial charge in [0.1, 0.15) is 0 Å². The Morgan fingerprint density at radius 3 is 2.26 bits per heavy atom. The average molecular weight is 497 g/mol. The molecule has 34 heavy (non-hydrogen) atoms. The highest BCUT2D eigenvalue weighted by Crippen LogP contribution is 2.32. The van der Waals surface area contributed by atoms with Gasteiger partial charge in [0.05, 0.1) is 16.8 Å². The van der Waals surface area contributed by atoms with Crippen LogP contribution in [0.4, 0.5) is 5.69 Å². The zero-order chi connectivity index (χ0) is 24.1. The Hall–Kier alpha value is -1.93. The van der Waals surface area contributed by atoms with Gasteiger partial charge in [-0.05, 0) is 35.1 Å². The minimum Gasteiger partial charge on any atom is -0.324 e. The molecule has 1 fully saturated rings. The van der Waals surface area contributed by atoms with Gasteiger partial charge in [0.25, 0.3) is 0 Å². The summed E-state index contributed by atoms with van der Waals surface area (Å²) in [5.41, 5.74) is 4.55. The third kappa shape index (κ3) is 6.39. The predicted octanol–water partition coefficient (Wildman–Crippen LogP) is 5.89. The first-order valence-corrected chi connectivity index (χ1v) is 14.1. The highest BCUT2D eigenvalue weighted by atomic mass is 32.2. The van der Waals surface area contributed by atoms with Gasteiger partial charge in [-0.25, -0.2) is 4.98 Å². The Kier molecular flexibility index (Phi) is 8.64. The quantitative estimate of drug-likeness (QED) is 0.374. The molecule has 1 saturated heterocycles. The monoisotopic (exact) mass is 496 g/mol. The molecule has 0 unspecified atom stereocenters. The van der Waals surface area contributed by atoms with E-state index >= 15 is 0 Å². The standard InChI is InChI=1S/C27H36N4OS2/c1-19(2)21-8-7-9-22(20(3)4)26(21)29-25(32)18-31-14-12-30(13-15-31)16-17-33-27-28-23-10-5-6-11-24(23)34-27/h5-11,19-20H,12-18H2,1-4H3,(H,29,32). The molecule has 1 N–H and O–H groups in total. The van der Waals surface area contributed by atoms with Crippen molar-refractivity contribution in [1.82, 2.24) is 14.8 Å². The molecule has 2 heterocycles. The Labute approximate surface area is 211 Å². The first kappa shape index (κ1) is 25.2. The molecule has 182 valence electrons. The zero-order valence-corrected chi connectivity index (χ0v) is 22.3. The fourth-order valence-electron chi connectivity index (χ4n) is 4.42. The van der Waals surface area contributed by atoms with Crippen LogP contribution in [0, 0.1) is 0 Å². The molecule has 0 bridgehead atoms. The number of aromatic nitrogens is 1. The summed E-state index contributed by atoms with van der Waals surface area (Å²) in [4.78, 5) is 22.4. The Morgan fingerprint density at radius 2 is 1.62 bits per heavy atom. The molecule has 5 nitrogen and oxygen atoms in total. The fourth-order valence-corrected chi connectivity index (χ4v) is 6.56. The van der Waals surface area contributed by atoms with Crippen molar-refractivity contribution >= 4 is 44.9 Å². The van der Waals surface area contributed by atoms with E-state index in [1.54, 1.807) is 11.3 Å². The second-order valence-corrected chi connectivity index (χ2v) is 12.0. The van der Waals surface area contributed by atoms with Crippen LogP contribution in [-0.4, -0.2) is 65.7 Å². The molecule has 2 aromatic carbocycles. The number of para-hydroxylation sites is 2. The van der Waals surface area contributed by atoms with E-state index in [-0.39, 0.29) is 5.91 Å². The summed E-state index contributed by atoms with van der Waals surface area (Å²) in [6, 6.07) is 14.7. The van der Waals surface area contributed by atoms with E-state index in [0.29, 0.717) is 18.4 Å². The normalized spacial score (nSPS) is 15.5. The SMILES string of the molecule is CC(C)c1cccc(C(C)C)c1NC(=O)CN1CCN(CCSc2nc3ccccc3s2)CC1. The van der Waals surface area contributed by atoms with Gasteiger partial charge < -0.3 is 5.32 Å². The van der Waals surface area contributed by atoms with Crippen molar-refractivity contribution in [3.8, 4) is 0 Å². The van der Waals surface area contributed by atoms with Crippen LogP contribution in [0.1, 0.15) is 50.7 Å². The number of thioether (sulfide) groups is 1. The van der Waals surface area contributed by atoms with E-state index in [2.05, 4.69) is 79.2 Å². The van der Waals surface area contributed by atoms with Crippen LogP contribution >= 0.6 is 23.1 Å². The van der Waals surface area contributed by atoms with Crippen molar-refractivity contribution in [2.75, 3.05) is 50.3 Å². The van der Waals surface area contributed by atoms with Crippen LogP contribution in [0.5, 0.6) is 0 Å². The summed E-state index contributed by atoms with van der Waals surface area (Å²) in [6.07, 6.45) is 0. The number of nitrogens with one attached hydrogen (secondary N) is 1. The summed E-state index contributed by atoms with van der Waals surface area (Å²) in [5.74, 6) is 1.88. The van der Waals surface area contributed by atoms with Crippen LogP contribution in [-0.2, 0) is 4.79 Å². The highest BCUT2D eigenvalue weighted by molar-refractivity contribution is 8.01. The van der Waals surface area contributed by atoms with Crippen molar-refractivity contribution in [3.63, 3.8) is 0 Å². The maximum absolute atomic E-state index is 12.9. The Balaban J connectivity index is 1.23. The van der Waals surface area contributed by atoms with E-state index in [9.17, 15) is 4.79 Å². The molecule has 0 saturated carbocycles. The number of fused-ring (bicyclic) bond motifs is 1. The van der Waals surface area contributed by atoms with Crippen molar-refractivity contribution in [3.05, 3.63) is 53.6 Å². The van der Waals surface area contributed by atoms with Gasteiger partial charge in [0.15, 0.2) is 4.34 Å². The molecule has 3 aromatic rings. The van der Waals surface area contributed by atoms with Gasteiger partial charge in [-0.15, -0.1) is 11.3 Å². The van der Waals surface area contributed by atoms with E-state index < -0.39 is 0 Å². The number of thiazole rings is 1. The number of carbonyl (C=O) groups excluding carboxylic acids is 1. The molecular weight excluding hydrogens is 460 g/mol. The van der Waals surface area contributed by atoms with Gasteiger partial charge in [0, 0.05) is 44.2 Å². The third-order valence-corrected chi connectivity index (χ3v) is 8.54. The number of hydrogen-bond acceptors (Lipinski definition) is 6. The molecular formula is C27H36N4OS2. The second kappa shape index (κ2) is 11.7. The van der Waals surface area contributed by atoms with Crippen molar-refractivity contribution < 1.29 is 4.79 Å². The van der Waals surface area contributed by atoms with Gasteiger partial charge in [-0.3, -0.25) is 14.6 Å². The fraction of sp³-hybridized carbons (Fsp3) is 0.481. The van der Waals surface area contributed by atoms with Gasteiger partial charge in [-0.1, -0.05) is 69.8 Å². The molecule has 0 radical (unpaired) electrons. The van der Waals surface area contributed by atoms with Crippen molar-refractivity contribution in [2.24, 2.45) is 0 Å². The summed E-state index contributed by atoms with van der Waals surface area (Å²) < 4.78 is 2.41. The lowest BCUT2D eigenvalue weighted by Crippen LogP contribution is -2.49. The number of piperazine rings is 1. The number of benzene rings is 2. The van der Waals surface area contributed by atoms with Crippen LogP contribution in [0.2, 0.25) is 0 Å². The summed E-state index contributed by atoms with van der Waals surface area (Å²) in [5, 5.41) is 3.26. The van der Waals surface area contributed by atoms with Crippen molar-refractivity contribution in [2.45, 2.75) is 43.9 Å². The van der Waals surface area contributed by atoms with Crippen molar-refractivity contribution in [1.29, 1.82) is 0 Å². The smallest absolute Gasteiger partial charge is 0.238 e. The summed E-state index contributed by atoms with van der Waals surface area (Å²) in [6.45, 7) is 14.1. The lowest BCUT2D eigenvalue weighted by atomic mass is 9.92. The first-order valence-electron chi connectivity index (χ1n) is 12.3. The minimum atomic E-state index is 0.0924. The van der Waals surface area contributed by atoms with E-state index in [0.717, 1.165) is 54.0 Å². The maximum atomic E-state index is 12.9. The van der Waals surface area contributed by atoms with Gasteiger partial charge >= 0.3 is 0 Å². The molecule has 0 spiro atoms. The number of rotatable bonds is 9. The number of anilines is 1. The number of hydrogen-bond donors (Lipinski definition) is 1. The first-order chi connectivity index (χ1) is 16.4. The topological polar surface area (TPSA) is 48.5 Å². The molecule has 0 aliphatic carbocycles. The largest absolute Gasteiger partial charge is 0.324 e. The molecule has 0 atom stereocenters. The number of amides is 1. The van der Waals surface area contributed by atoms with Crippen LogP contribution < -0.4 is 5.32 Å². The molecule has 7 heteroatoms.